The van der Waals surface area contributed by atoms with E-state index in [9.17, 15) is 0 Å². The molecular weight excluding hydrogens is 484 g/mol. The van der Waals surface area contributed by atoms with Gasteiger partial charge in [0, 0.05) is 12.8 Å². The van der Waals surface area contributed by atoms with Crippen molar-refractivity contribution in [3.05, 3.63) is 95.6 Å². The van der Waals surface area contributed by atoms with Crippen LogP contribution in [0.4, 0.5) is 0 Å². The number of unbranched alkanes of at least 4 members (excludes halogenated alkanes) is 8. The third kappa shape index (κ3) is 9.09. The van der Waals surface area contributed by atoms with Gasteiger partial charge in [0.15, 0.2) is 11.6 Å². The Bertz CT molecular complexity index is 1170. The summed E-state index contributed by atoms with van der Waals surface area (Å²) in [6, 6.07) is 16.7. The highest BCUT2D eigenvalue weighted by molar-refractivity contribution is 5.47. The van der Waals surface area contributed by atoms with Crippen LogP contribution in [-0.2, 0) is 25.9 Å². The van der Waals surface area contributed by atoms with Crippen molar-refractivity contribution in [1.82, 2.24) is 40.4 Å². The van der Waals surface area contributed by atoms with Crippen LogP contribution in [0.25, 0.3) is 12.2 Å². The SMILES string of the molecule is C=Cc1ccc(Cn2nnnc2CCCCCCCCCCCc2nnnn2Cc2ccc(C=C)cc2)cc1. The Morgan fingerprint density at radius 2 is 0.872 bits per heavy atom. The minimum Gasteiger partial charge on any atom is -0.225 e. The summed E-state index contributed by atoms with van der Waals surface area (Å²) in [7, 11) is 0. The van der Waals surface area contributed by atoms with E-state index in [1.54, 1.807) is 0 Å². The first-order valence-electron chi connectivity index (χ1n) is 14.2. The van der Waals surface area contributed by atoms with E-state index in [-0.39, 0.29) is 0 Å². The largest absolute Gasteiger partial charge is 0.225 e. The van der Waals surface area contributed by atoms with Crippen molar-refractivity contribution in [2.24, 2.45) is 0 Å². The Kier molecular flexibility index (Phi) is 11.1. The summed E-state index contributed by atoms with van der Waals surface area (Å²) in [6.07, 6.45) is 16.7. The Labute approximate surface area is 231 Å². The Morgan fingerprint density at radius 1 is 0.513 bits per heavy atom. The standard InChI is InChI=1S/C31H40N8/c1-3-26-16-20-28(21-17-26)24-38-30(32-34-36-38)14-12-10-8-6-5-7-9-11-13-15-31-33-35-37-39(31)25-29-22-18-27(4-2)19-23-29/h3-4,16-23H,1-2,5-15,24-25H2. The van der Waals surface area contributed by atoms with Crippen LogP contribution in [0.15, 0.2) is 61.7 Å². The van der Waals surface area contributed by atoms with Crippen molar-refractivity contribution in [3.63, 3.8) is 0 Å². The molecule has 4 rings (SSSR count). The molecule has 204 valence electrons. The summed E-state index contributed by atoms with van der Waals surface area (Å²) in [5, 5.41) is 24.6. The van der Waals surface area contributed by atoms with Crippen LogP contribution in [0.2, 0.25) is 0 Å². The minimum atomic E-state index is 0.707. The fourth-order valence-corrected chi connectivity index (χ4v) is 4.72. The van der Waals surface area contributed by atoms with E-state index in [4.69, 9.17) is 0 Å². The lowest BCUT2D eigenvalue weighted by molar-refractivity contribution is 0.541. The Balaban J connectivity index is 1.03. The van der Waals surface area contributed by atoms with Gasteiger partial charge in [0.25, 0.3) is 0 Å². The molecule has 0 saturated heterocycles. The molecule has 0 amide bonds. The first-order chi connectivity index (χ1) is 19.2. The number of tetrazole rings is 2. The summed E-state index contributed by atoms with van der Waals surface area (Å²) >= 11 is 0. The smallest absolute Gasteiger partial charge is 0.151 e. The maximum atomic E-state index is 4.24. The van der Waals surface area contributed by atoms with Crippen molar-refractivity contribution in [1.29, 1.82) is 0 Å². The zero-order chi connectivity index (χ0) is 27.1. The average Bonchev–Trinajstić information content (AvgIpc) is 3.61. The average molecular weight is 525 g/mol. The van der Waals surface area contributed by atoms with Gasteiger partial charge in [-0.2, -0.15) is 0 Å². The van der Waals surface area contributed by atoms with Crippen LogP contribution in [-0.4, -0.2) is 40.4 Å². The molecule has 2 aromatic carbocycles. The third-order valence-electron chi connectivity index (χ3n) is 7.11. The van der Waals surface area contributed by atoms with Crippen molar-refractivity contribution in [2.75, 3.05) is 0 Å². The van der Waals surface area contributed by atoms with Crippen molar-refractivity contribution in [3.8, 4) is 0 Å². The number of benzene rings is 2. The molecule has 0 spiro atoms. The molecule has 0 aliphatic rings. The zero-order valence-corrected chi connectivity index (χ0v) is 23.0. The van der Waals surface area contributed by atoms with Crippen LogP contribution < -0.4 is 0 Å². The second kappa shape index (κ2) is 15.5. The lowest BCUT2D eigenvalue weighted by atomic mass is 10.1. The number of rotatable bonds is 18. The number of nitrogens with zero attached hydrogens (tertiary/aromatic N) is 8. The molecule has 2 heterocycles. The monoisotopic (exact) mass is 524 g/mol. The lowest BCUT2D eigenvalue weighted by Crippen LogP contribution is -2.07. The fourth-order valence-electron chi connectivity index (χ4n) is 4.72. The maximum Gasteiger partial charge on any atom is 0.151 e. The van der Waals surface area contributed by atoms with E-state index in [1.165, 1.54) is 56.1 Å². The topological polar surface area (TPSA) is 87.2 Å². The van der Waals surface area contributed by atoms with Crippen molar-refractivity contribution in [2.45, 2.75) is 83.7 Å². The molecule has 8 nitrogen and oxygen atoms in total. The molecule has 0 bridgehead atoms. The van der Waals surface area contributed by atoms with Gasteiger partial charge in [0.2, 0.25) is 0 Å². The summed E-state index contributed by atoms with van der Waals surface area (Å²) in [5.41, 5.74) is 4.64. The first kappa shape index (κ1) is 28.1. The normalized spacial score (nSPS) is 11.1. The van der Waals surface area contributed by atoms with Gasteiger partial charge in [-0.15, -0.1) is 10.2 Å². The molecule has 4 aromatic rings. The summed E-state index contributed by atoms with van der Waals surface area (Å²) in [5.74, 6) is 1.94. The van der Waals surface area contributed by atoms with E-state index in [2.05, 4.69) is 92.7 Å². The Hall–Kier alpha value is -3.94. The molecule has 0 aliphatic carbocycles. The molecule has 0 unspecified atom stereocenters. The van der Waals surface area contributed by atoms with Crippen molar-refractivity contribution < 1.29 is 0 Å². The van der Waals surface area contributed by atoms with E-state index < -0.39 is 0 Å². The predicted molar refractivity (Wildman–Crippen MR) is 156 cm³/mol. The highest BCUT2D eigenvalue weighted by Crippen LogP contribution is 2.14. The van der Waals surface area contributed by atoms with Gasteiger partial charge in [0.1, 0.15) is 0 Å². The van der Waals surface area contributed by atoms with Crippen molar-refractivity contribution >= 4 is 12.2 Å². The molecule has 0 fully saturated rings. The van der Waals surface area contributed by atoms with Gasteiger partial charge in [-0.25, -0.2) is 9.36 Å². The van der Waals surface area contributed by atoms with Gasteiger partial charge in [-0.3, -0.25) is 0 Å². The van der Waals surface area contributed by atoms with Crippen LogP contribution in [0.5, 0.6) is 0 Å². The van der Waals surface area contributed by atoms with E-state index >= 15 is 0 Å². The minimum absolute atomic E-state index is 0.707. The van der Waals surface area contributed by atoms with Crippen LogP contribution in [0, 0.1) is 0 Å². The quantitative estimate of drug-likeness (QED) is 0.141. The number of aryl methyl sites for hydroxylation is 2. The predicted octanol–water partition coefficient (Wildman–Crippen LogP) is 6.34. The van der Waals surface area contributed by atoms with Gasteiger partial charge >= 0.3 is 0 Å². The van der Waals surface area contributed by atoms with Gasteiger partial charge in [0.05, 0.1) is 13.1 Å². The number of aromatic nitrogens is 8. The first-order valence-corrected chi connectivity index (χ1v) is 14.2. The molecule has 0 saturated carbocycles. The van der Waals surface area contributed by atoms with E-state index in [0.29, 0.717) is 13.1 Å². The maximum absolute atomic E-state index is 4.24. The molecule has 0 atom stereocenters. The zero-order valence-electron chi connectivity index (χ0n) is 23.0. The second-order valence-electron chi connectivity index (χ2n) is 10.1. The molecule has 0 aliphatic heterocycles. The van der Waals surface area contributed by atoms with Crippen LogP contribution >= 0.6 is 0 Å². The second-order valence-corrected chi connectivity index (χ2v) is 10.1. The summed E-state index contributed by atoms with van der Waals surface area (Å²) in [6.45, 7) is 9.03. The molecule has 39 heavy (non-hydrogen) atoms. The third-order valence-corrected chi connectivity index (χ3v) is 7.11. The van der Waals surface area contributed by atoms with Gasteiger partial charge in [-0.05, 0) is 55.9 Å². The van der Waals surface area contributed by atoms with Gasteiger partial charge in [-0.1, -0.05) is 119 Å². The number of hydrogen-bond donors (Lipinski definition) is 0. The summed E-state index contributed by atoms with van der Waals surface area (Å²) < 4.78 is 3.84. The van der Waals surface area contributed by atoms with Crippen LogP contribution in [0.1, 0.15) is 91.7 Å². The molecule has 2 aromatic heterocycles. The highest BCUT2D eigenvalue weighted by atomic mass is 15.5. The molecular formula is C31H40N8. The van der Waals surface area contributed by atoms with E-state index in [0.717, 1.165) is 48.5 Å². The lowest BCUT2D eigenvalue weighted by Gasteiger charge is -2.06. The molecule has 8 heteroatoms. The highest BCUT2D eigenvalue weighted by Gasteiger charge is 2.08. The van der Waals surface area contributed by atoms with Crippen LogP contribution in [0.3, 0.4) is 0 Å². The van der Waals surface area contributed by atoms with E-state index in [1.807, 2.05) is 21.5 Å². The molecule has 0 radical (unpaired) electrons. The molecule has 0 N–H and O–H groups in total. The summed E-state index contributed by atoms with van der Waals surface area (Å²) in [4.78, 5) is 0. The van der Waals surface area contributed by atoms with Gasteiger partial charge < -0.3 is 0 Å². The fraction of sp³-hybridized carbons (Fsp3) is 0.419. The Morgan fingerprint density at radius 3 is 1.23 bits per heavy atom. The number of hydrogen-bond acceptors (Lipinski definition) is 6.